The van der Waals surface area contributed by atoms with Gasteiger partial charge in [-0.25, -0.2) is 0 Å². The summed E-state index contributed by atoms with van der Waals surface area (Å²) in [5, 5.41) is 18.9. The van der Waals surface area contributed by atoms with Crippen molar-refractivity contribution in [3.05, 3.63) is 48.5 Å². The van der Waals surface area contributed by atoms with Gasteiger partial charge >= 0.3 is 14.8 Å². The number of carbonyl (C=O) groups is 1. The summed E-state index contributed by atoms with van der Waals surface area (Å²) in [6.45, 7) is 10.5. The Balaban J connectivity index is 2.31. The highest BCUT2D eigenvalue weighted by Crippen LogP contribution is 2.29. The third-order valence-electron chi connectivity index (χ3n) is 4.99. The van der Waals surface area contributed by atoms with Crippen molar-refractivity contribution in [3.63, 3.8) is 0 Å². The molecule has 0 amide bonds. The van der Waals surface area contributed by atoms with Gasteiger partial charge in [-0.3, -0.25) is 4.79 Å². The van der Waals surface area contributed by atoms with Gasteiger partial charge < -0.3 is 23.1 Å². The van der Waals surface area contributed by atoms with Crippen molar-refractivity contribution < 1.29 is 27.9 Å². The van der Waals surface area contributed by atoms with Crippen LogP contribution in [-0.2, 0) is 18.1 Å². The predicted octanol–water partition coefficient (Wildman–Crippen LogP) is 5.24. The fourth-order valence-corrected chi connectivity index (χ4v) is 6.10. The second-order valence-electron chi connectivity index (χ2n) is 7.25. The van der Waals surface area contributed by atoms with Crippen LogP contribution in [0.2, 0.25) is 0 Å². The van der Waals surface area contributed by atoms with Crippen LogP contribution >= 0.6 is 0 Å². The molecule has 0 radical (unpaired) electrons. The Bertz CT molecular complexity index is 900. The second-order valence-corrected chi connectivity index (χ2v) is 9.75. The quantitative estimate of drug-likeness (QED) is 0.297. The molecular formula is C24H34N2O6Si. The molecule has 0 heterocycles. The largest absolute Gasteiger partial charge is 0.537 e. The predicted molar refractivity (Wildman–Crippen MR) is 129 cm³/mol. The molecule has 0 spiro atoms. The van der Waals surface area contributed by atoms with Crippen LogP contribution in [0.15, 0.2) is 58.8 Å². The topological polar surface area (TPSA) is 98.9 Å². The van der Waals surface area contributed by atoms with Gasteiger partial charge in [-0.2, -0.15) is 5.11 Å². The molecule has 9 heteroatoms. The Labute approximate surface area is 196 Å². The highest BCUT2D eigenvalue weighted by Gasteiger charge is 2.46. The molecule has 0 saturated carbocycles. The Morgan fingerprint density at radius 3 is 2.12 bits per heavy atom. The maximum atomic E-state index is 11.6. The number of nitrogens with zero attached hydrogens (tertiary/aromatic N) is 2. The standard InChI is InChI=1S/C24H34N2O6Si/c1-6-21(24(27)28)18(5)32-33(30-8-3,31-9-4)20-16-14-19(15-17-20)25-26-22-12-10-11-13-23(22)29-7-2/h10-18,21H,6-9H2,1-5H3,(H,27,28). The fraction of sp³-hybridized carbons (Fsp3) is 0.458. The number of rotatable bonds is 14. The Morgan fingerprint density at radius 2 is 1.58 bits per heavy atom. The lowest BCUT2D eigenvalue weighted by atomic mass is 10.0. The zero-order chi connectivity index (χ0) is 24.3. The van der Waals surface area contributed by atoms with Crippen LogP contribution in [0.25, 0.3) is 0 Å². The van der Waals surface area contributed by atoms with Crippen LogP contribution in [-0.4, -0.2) is 45.8 Å². The number of para-hydroxylation sites is 1. The van der Waals surface area contributed by atoms with Crippen molar-refractivity contribution in [2.24, 2.45) is 16.1 Å². The number of hydrogen-bond acceptors (Lipinski definition) is 7. The first-order chi connectivity index (χ1) is 15.9. The monoisotopic (exact) mass is 474 g/mol. The summed E-state index contributed by atoms with van der Waals surface area (Å²) in [6, 6.07) is 14.8. The van der Waals surface area contributed by atoms with E-state index >= 15 is 0 Å². The average Bonchev–Trinajstić information content (AvgIpc) is 2.79. The minimum Gasteiger partial charge on any atom is -0.492 e. The average molecular weight is 475 g/mol. The van der Waals surface area contributed by atoms with Crippen LogP contribution in [0.4, 0.5) is 11.4 Å². The number of hydrogen-bond donors (Lipinski definition) is 1. The summed E-state index contributed by atoms with van der Waals surface area (Å²) < 4.78 is 23.9. The summed E-state index contributed by atoms with van der Waals surface area (Å²) >= 11 is 0. The number of azo groups is 1. The van der Waals surface area contributed by atoms with E-state index in [0.29, 0.717) is 43.4 Å². The van der Waals surface area contributed by atoms with Crippen molar-refractivity contribution in [3.8, 4) is 5.75 Å². The summed E-state index contributed by atoms with van der Waals surface area (Å²) in [4.78, 5) is 11.6. The summed E-state index contributed by atoms with van der Waals surface area (Å²) in [5.41, 5.74) is 1.29. The van der Waals surface area contributed by atoms with Gasteiger partial charge in [0.25, 0.3) is 0 Å². The molecule has 180 valence electrons. The van der Waals surface area contributed by atoms with E-state index in [1.807, 2.05) is 76.2 Å². The maximum absolute atomic E-state index is 11.6. The molecule has 8 nitrogen and oxygen atoms in total. The number of carboxylic acid groups (broad SMARTS) is 1. The molecule has 2 rings (SSSR count). The van der Waals surface area contributed by atoms with E-state index in [-0.39, 0.29) is 0 Å². The molecule has 0 bridgehead atoms. The summed E-state index contributed by atoms with van der Waals surface area (Å²) in [5.74, 6) is -0.883. The molecule has 2 aromatic carbocycles. The molecule has 0 aliphatic carbocycles. The van der Waals surface area contributed by atoms with Crippen molar-refractivity contribution in [1.29, 1.82) is 0 Å². The van der Waals surface area contributed by atoms with E-state index < -0.39 is 26.8 Å². The van der Waals surface area contributed by atoms with Crippen molar-refractivity contribution in [1.82, 2.24) is 0 Å². The molecule has 0 fully saturated rings. The van der Waals surface area contributed by atoms with Crippen molar-refractivity contribution in [2.75, 3.05) is 19.8 Å². The number of benzene rings is 2. The van der Waals surface area contributed by atoms with Gasteiger partial charge in [0.05, 0.1) is 24.3 Å². The number of ether oxygens (including phenoxy) is 1. The van der Waals surface area contributed by atoms with E-state index in [0.717, 1.165) is 5.19 Å². The normalized spacial score (nSPS) is 13.7. The lowest BCUT2D eigenvalue weighted by Gasteiger charge is -2.33. The highest BCUT2D eigenvalue weighted by molar-refractivity contribution is 6.75. The van der Waals surface area contributed by atoms with Gasteiger partial charge in [-0.15, -0.1) is 5.11 Å². The molecule has 0 aromatic heterocycles. The molecular weight excluding hydrogens is 440 g/mol. The van der Waals surface area contributed by atoms with E-state index in [9.17, 15) is 9.90 Å². The first-order valence-electron chi connectivity index (χ1n) is 11.3. The Kier molecular flexibility index (Phi) is 10.7. The van der Waals surface area contributed by atoms with E-state index in [1.54, 1.807) is 6.92 Å². The molecule has 1 N–H and O–H groups in total. The fourth-order valence-electron chi connectivity index (χ4n) is 3.42. The highest BCUT2D eigenvalue weighted by atomic mass is 28.4. The smallest absolute Gasteiger partial charge is 0.492 e. The van der Waals surface area contributed by atoms with E-state index in [4.69, 9.17) is 18.0 Å². The minimum absolute atomic E-state index is 0.373. The summed E-state index contributed by atoms with van der Waals surface area (Å²) in [6.07, 6.45) is -0.131. The number of carboxylic acids is 1. The van der Waals surface area contributed by atoms with Gasteiger partial charge in [-0.1, -0.05) is 31.2 Å². The van der Waals surface area contributed by atoms with Crippen molar-refractivity contribution in [2.45, 2.75) is 47.1 Å². The van der Waals surface area contributed by atoms with Gasteiger partial charge in [0, 0.05) is 18.4 Å². The zero-order valence-corrected chi connectivity index (χ0v) is 21.0. The van der Waals surface area contributed by atoms with Crippen LogP contribution in [0.1, 0.15) is 41.0 Å². The van der Waals surface area contributed by atoms with Crippen LogP contribution in [0.5, 0.6) is 5.75 Å². The molecule has 33 heavy (non-hydrogen) atoms. The molecule has 2 atom stereocenters. The summed E-state index contributed by atoms with van der Waals surface area (Å²) in [7, 11) is -3.34. The lowest BCUT2D eigenvalue weighted by Crippen LogP contribution is -2.59. The van der Waals surface area contributed by atoms with Crippen LogP contribution < -0.4 is 9.92 Å². The molecule has 0 aliphatic heterocycles. The SMILES string of the molecule is CCOc1ccccc1N=Nc1ccc([Si](OCC)(OCC)OC(C)C(CC)C(=O)O)cc1. The third kappa shape index (κ3) is 7.20. The Hall–Kier alpha value is -2.59. The van der Waals surface area contributed by atoms with E-state index in [1.165, 1.54) is 0 Å². The maximum Gasteiger partial charge on any atom is 0.537 e. The van der Waals surface area contributed by atoms with Gasteiger partial charge in [-0.05, 0) is 58.4 Å². The van der Waals surface area contributed by atoms with Crippen molar-refractivity contribution >= 4 is 31.3 Å². The molecule has 0 saturated heterocycles. The third-order valence-corrected chi connectivity index (χ3v) is 8.05. The minimum atomic E-state index is -3.34. The number of aliphatic carboxylic acids is 1. The first kappa shape index (κ1) is 26.7. The Morgan fingerprint density at radius 1 is 0.939 bits per heavy atom. The van der Waals surface area contributed by atoms with Gasteiger partial charge in [0.2, 0.25) is 0 Å². The van der Waals surface area contributed by atoms with E-state index in [2.05, 4.69) is 10.2 Å². The van der Waals surface area contributed by atoms with Crippen LogP contribution in [0.3, 0.4) is 0 Å². The zero-order valence-electron chi connectivity index (χ0n) is 20.0. The second kappa shape index (κ2) is 13.2. The molecule has 0 aliphatic rings. The molecule has 2 aromatic rings. The molecule has 2 unspecified atom stereocenters. The first-order valence-corrected chi connectivity index (χ1v) is 13.1. The van der Waals surface area contributed by atoms with Crippen LogP contribution in [0, 0.1) is 5.92 Å². The van der Waals surface area contributed by atoms with Gasteiger partial charge in [0.1, 0.15) is 11.4 Å². The van der Waals surface area contributed by atoms with Gasteiger partial charge in [0.15, 0.2) is 0 Å². The lowest BCUT2D eigenvalue weighted by molar-refractivity contribution is -0.145.